The number of ketones is 1. The lowest BCUT2D eigenvalue weighted by Gasteiger charge is -2.33. The predicted octanol–water partition coefficient (Wildman–Crippen LogP) is 3.40. The maximum absolute atomic E-state index is 13.3. The van der Waals surface area contributed by atoms with Gasteiger partial charge >= 0.3 is 11.5 Å². The molecule has 0 saturated carbocycles. The van der Waals surface area contributed by atoms with E-state index in [0.717, 1.165) is 17.0 Å². The molecule has 0 bridgehead atoms. The molecule has 37 heavy (non-hydrogen) atoms. The summed E-state index contributed by atoms with van der Waals surface area (Å²) in [5, 5.41) is 0. The Morgan fingerprint density at radius 2 is 1.76 bits per heavy atom. The van der Waals surface area contributed by atoms with Crippen molar-refractivity contribution in [2.45, 2.75) is 36.0 Å². The first-order valence-electron chi connectivity index (χ1n) is 10.6. The fourth-order valence-corrected chi connectivity index (χ4v) is 4.61. The Bertz CT molecular complexity index is 1490. The number of carbonyl (C=O) groups is 3. The molecule has 3 heterocycles. The average Bonchev–Trinajstić information content (AvgIpc) is 3.43. The van der Waals surface area contributed by atoms with Gasteiger partial charge in [0, 0.05) is 6.20 Å². The van der Waals surface area contributed by atoms with Crippen molar-refractivity contribution in [2.75, 3.05) is 4.90 Å². The fraction of sp³-hybridized carbons (Fsp3) is 0.217. The first kappa shape index (κ1) is 26.0. The van der Waals surface area contributed by atoms with E-state index in [0.29, 0.717) is 17.0 Å². The van der Waals surface area contributed by atoms with Crippen LogP contribution in [0.5, 0.6) is 0 Å². The molecule has 10 nitrogen and oxygen atoms in total. The smallest absolute Gasteiger partial charge is 0.461 e. The lowest BCUT2D eigenvalue weighted by Crippen LogP contribution is -2.49. The van der Waals surface area contributed by atoms with Crippen LogP contribution in [0.15, 0.2) is 70.3 Å². The van der Waals surface area contributed by atoms with Gasteiger partial charge in [0.2, 0.25) is 5.78 Å². The lowest BCUT2D eigenvalue weighted by atomic mass is 10.0. The molecule has 1 atom stereocenters. The van der Waals surface area contributed by atoms with E-state index in [1.165, 1.54) is 50.6 Å². The quantitative estimate of drug-likeness (QED) is 0.373. The Balaban J connectivity index is 1.66. The number of hydrogen-bond acceptors (Lipinski definition) is 8. The second-order valence-corrected chi connectivity index (χ2v) is 10.5. The maximum Gasteiger partial charge on any atom is 0.501 e. The maximum atomic E-state index is 13.3. The van der Waals surface area contributed by atoms with Crippen LogP contribution in [-0.4, -0.2) is 47.1 Å². The van der Waals surface area contributed by atoms with Gasteiger partial charge in [-0.05, 0) is 67.9 Å². The van der Waals surface area contributed by atoms with Crippen molar-refractivity contribution in [1.82, 2.24) is 9.88 Å². The van der Waals surface area contributed by atoms with Crippen molar-refractivity contribution >= 4 is 33.2 Å². The normalized spacial score (nSPS) is 16.8. The molecule has 4 rings (SSSR count). The Labute approximate surface area is 208 Å². The minimum atomic E-state index is -5.61. The third kappa shape index (κ3) is 4.27. The van der Waals surface area contributed by atoms with Gasteiger partial charge in [0.25, 0.3) is 15.7 Å². The number of urea groups is 1. The largest absolute Gasteiger partial charge is 0.501 e. The Hall–Kier alpha value is -4.04. The Morgan fingerprint density at radius 1 is 1.11 bits per heavy atom. The van der Waals surface area contributed by atoms with Crippen molar-refractivity contribution in [2.24, 2.45) is 5.73 Å². The van der Waals surface area contributed by atoms with Crippen LogP contribution in [0.25, 0.3) is 0 Å². The van der Waals surface area contributed by atoms with Crippen molar-refractivity contribution < 1.29 is 40.4 Å². The SMILES string of the molecule is CC1(C)C(=O)N(c2ccc(S(=O)(=O)C(F)(F)F)cc2)C(=O)N1C(N)c1ccnc(C(=O)c2ccco2)c1. The topological polar surface area (TPSA) is 144 Å². The number of amides is 3. The summed E-state index contributed by atoms with van der Waals surface area (Å²) < 4.78 is 66.9. The van der Waals surface area contributed by atoms with Crippen molar-refractivity contribution in [3.63, 3.8) is 0 Å². The van der Waals surface area contributed by atoms with E-state index in [9.17, 15) is 36.0 Å². The zero-order valence-corrected chi connectivity index (χ0v) is 20.1. The van der Waals surface area contributed by atoms with Gasteiger partial charge in [-0.2, -0.15) is 13.2 Å². The number of aromatic nitrogens is 1. The zero-order valence-electron chi connectivity index (χ0n) is 19.3. The summed E-state index contributed by atoms with van der Waals surface area (Å²) in [6.45, 7) is 2.84. The van der Waals surface area contributed by atoms with Gasteiger partial charge in [0.1, 0.15) is 17.4 Å². The summed E-state index contributed by atoms with van der Waals surface area (Å²) >= 11 is 0. The van der Waals surface area contributed by atoms with Crippen LogP contribution in [0.2, 0.25) is 0 Å². The minimum Gasteiger partial charge on any atom is -0.461 e. The molecule has 3 amide bonds. The number of nitrogens with two attached hydrogens (primary N) is 1. The minimum absolute atomic E-state index is 0.0167. The molecule has 14 heteroatoms. The summed E-state index contributed by atoms with van der Waals surface area (Å²) in [6, 6.07) is 8.04. The van der Waals surface area contributed by atoms with Gasteiger partial charge in [-0.1, -0.05) is 0 Å². The number of pyridine rings is 1. The molecular weight excluding hydrogens is 517 g/mol. The van der Waals surface area contributed by atoms with E-state index < -0.39 is 49.7 Å². The van der Waals surface area contributed by atoms with Gasteiger partial charge in [-0.15, -0.1) is 0 Å². The number of hydrogen-bond donors (Lipinski definition) is 1. The number of benzene rings is 1. The van der Waals surface area contributed by atoms with Crippen LogP contribution < -0.4 is 10.6 Å². The third-order valence-corrected chi connectivity index (χ3v) is 7.32. The number of alkyl halides is 3. The van der Waals surface area contributed by atoms with Crippen LogP contribution in [-0.2, 0) is 14.6 Å². The van der Waals surface area contributed by atoms with E-state index in [4.69, 9.17) is 10.2 Å². The Morgan fingerprint density at radius 3 is 2.32 bits per heavy atom. The van der Waals surface area contributed by atoms with Crippen LogP contribution >= 0.6 is 0 Å². The van der Waals surface area contributed by atoms with Crippen LogP contribution in [0.1, 0.15) is 41.8 Å². The molecule has 0 spiro atoms. The summed E-state index contributed by atoms with van der Waals surface area (Å²) in [4.78, 5) is 43.8. The summed E-state index contributed by atoms with van der Waals surface area (Å²) in [7, 11) is -5.61. The van der Waals surface area contributed by atoms with E-state index in [-0.39, 0.29) is 22.7 Å². The monoisotopic (exact) mass is 536 g/mol. The number of halogens is 3. The number of furan rings is 1. The highest BCUT2D eigenvalue weighted by molar-refractivity contribution is 7.92. The van der Waals surface area contributed by atoms with Crippen LogP contribution in [0.4, 0.5) is 23.7 Å². The first-order valence-corrected chi connectivity index (χ1v) is 12.1. The average molecular weight is 536 g/mol. The first-order chi connectivity index (χ1) is 17.2. The molecule has 2 N–H and O–H groups in total. The van der Waals surface area contributed by atoms with Gasteiger partial charge in [0.15, 0.2) is 5.76 Å². The molecular formula is C23H19F3N4O6S. The molecule has 1 unspecified atom stereocenters. The molecule has 0 radical (unpaired) electrons. The van der Waals surface area contributed by atoms with E-state index in [1.54, 1.807) is 0 Å². The second-order valence-electron chi connectivity index (χ2n) is 8.52. The van der Waals surface area contributed by atoms with E-state index >= 15 is 0 Å². The third-order valence-electron chi connectivity index (χ3n) is 5.82. The molecule has 1 aromatic carbocycles. The second kappa shape index (κ2) is 8.81. The molecule has 1 aliphatic heterocycles. The number of nitrogens with zero attached hydrogens (tertiary/aromatic N) is 3. The van der Waals surface area contributed by atoms with Gasteiger partial charge < -0.3 is 10.2 Å². The molecule has 0 aliphatic carbocycles. The number of anilines is 1. The summed E-state index contributed by atoms with van der Waals surface area (Å²) in [5.41, 5.74) is -0.576. The van der Waals surface area contributed by atoms with Gasteiger partial charge in [-0.25, -0.2) is 18.1 Å². The summed E-state index contributed by atoms with van der Waals surface area (Å²) in [6.07, 6.45) is 1.39. The zero-order chi connectivity index (χ0) is 27.3. The molecule has 3 aromatic rings. The van der Waals surface area contributed by atoms with Crippen molar-refractivity contribution in [3.8, 4) is 0 Å². The standard InChI is InChI=1S/C23H19F3N4O6S/c1-22(2)20(32)29(14-5-7-15(8-6-14)37(34,35)23(24,25)26)21(33)30(22)19(27)13-9-10-28-16(12-13)18(31)17-4-3-11-36-17/h3-12,19H,27H2,1-2H3. The number of carbonyl (C=O) groups excluding carboxylic acids is 3. The predicted molar refractivity (Wildman–Crippen MR) is 122 cm³/mol. The highest BCUT2D eigenvalue weighted by Crippen LogP contribution is 2.38. The number of sulfone groups is 1. The molecule has 1 aliphatic rings. The van der Waals surface area contributed by atoms with Gasteiger partial charge in [-0.3, -0.25) is 19.5 Å². The van der Waals surface area contributed by atoms with Crippen molar-refractivity contribution in [1.29, 1.82) is 0 Å². The van der Waals surface area contributed by atoms with Crippen LogP contribution in [0, 0.1) is 0 Å². The van der Waals surface area contributed by atoms with E-state index in [2.05, 4.69) is 4.98 Å². The fourth-order valence-electron chi connectivity index (χ4n) is 3.85. The molecule has 2 aromatic heterocycles. The lowest BCUT2D eigenvalue weighted by molar-refractivity contribution is -0.124. The number of rotatable bonds is 6. The van der Waals surface area contributed by atoms with Crippen molar-refractivity contribution in [3.05, 3.63) is 78.0 Å². The van der Waals surface area contributed by atoms with E-state index in [1.807, 2.05) is 0 Å². The molecule has 1 saturated heterocycles. The highest BCUT2D eigenvalue weighted by atomic mass is 32.2. The summed E-state index contributed by atoms with van der Waals surface area (Å²) in [5.74, 6) is -1.24. The molecule has 194 valence electrons. The highest BCUT2D eigenvalue weighted by Gasteiger charge is 2.54. The number of imide groups is 1. The van der Waals surface area contributed by atoms with Crippen LogP contribution in [0.3, 0.4) is 0 Å². The Kier molecular flexibility index (Phi) is 6.20. The van der Waals surface area contributed by atoms with Gasteiger partial charge in [0.05, 0.1) is 16.8 Å². The molecule has 1 fully saturated rings.